The Bertz CT molecular complexity index is 429. The zero-order valence-corrected chi connectivity index (χ0v) is 29.0. The Kier molecular flexibility index (Phi) is 93.9. The van der Waals surface area contributed by atoms with E-state index in [1.807, 2.05) is 11.0 Å². The molecule has 10 nitrogen and oxygen atoms in total. The van der Waals surface area contributed by atoms with E-state index in [0.717, 1.165) is 6.08 Å². The van der Waals surface area contributed by atoms with Crippen LogP contribution in [-0.2, 0) is 140 Å². The molecular formula is C16H28N4O6Y4-4. The number of carbonyl (C=O) groups excluding carboxylic acids is 2. The monoisotopic (exact) mass is 728 g/mol. The van der Waals surface area contributed by atoms with Crippen molar-refractivity contribution >= 4 is 24.0 Å². The van der Waals surface area contributed by atoms with Crippen LogP contribution in [0.2, 0.25) is 0 Å². The van der Waals surface area contributed by atoms with Gasteiger partial charge >= 0.3 is 0 Å². The number of oxime groups is 1. The first kappa shape index (κ1) is 53.4. The zero-order valence-electron chi connectivity index (χ0n) is 17.7. The summed E-state index contributed by atoms with van der Waals surface area (Å²) in [4.78, 5) is 18.8. The zero-order chi connectivity index (χ0) is 21.2. The summed E-state index contributed by atoms with van der Waals surface area (Å²) < 4.78 is 0. The summed E-state index contributed by atoms with van der Waals surface area (Å²) in [7, 11) is 0. The van der Waals surface area contributed by atoms with Gasteiger partial charge in [-0.25, -0.2) is 24.2 Å². The second-order valence-electron chi connectivity index (χ2n) is 4.26. The number of nitrogens with zero attached hydrogens (tertiary/aromatic N) is 2. The topological polar surface area (TPSA) is 164 Å². The van der Waals surface area contributed by atoms with Gasteiger partial charge in [0.2, 0.25) is 0 Å². The number of nitrogens with one attached hydrogen (secondary N) is 2. The van der Waals surface area contributed by atoms with E-state index in [2.05, 4.69) is 16.5 Å². The van der Waals surface area contributed by atoms with Crippen molar-refractivity contribution in [3.05, 3.63) is 31.4 Å². The predicted molar refractivity (Wildman–Crippen MR) is 97.0 cm³/mol. The molecule has 0 bridgehead atoms. The quantitative estimate of drug-likeness (QED) is 0.0724. The molecule has 1 unspecified atom stereocenters. The Morgan fingerprint density at radius 1 is 1.20 bits per heavy atom. The van der Waals surface area contributed by atoms with Gasteiger partial charge in [-0.15, -0.1) is 18.5 Å². The van der Waals surface area contributed by atoms with Gasteiger partial charge in [-0.2, -0.15) is 12.5 Å². The third-order valence-electron chi connectivity index (χ3n) is 1.82. The van der Waals surface area contributed by atoms with Gasteiger partial charge in [0, 0.05) is 143 Å². The van der Waals surface area contributed by atoms with Crippen LogP contribution in [0.3, 0.4) is 0 Å². The van der Waals surface area contributed by atoms with Crippen LogP contribution in [0.15, 0.2) is 28.5 Å². The van der Waals surface area contributed by atoms with Crippen LogP contribution in [0.4, 0.5) is 0 Å². The summed E-state index contributed by atoms with van der Waals surface area (Å²) in [6, 6.07) is -0.106. The molecule has 164 valence electrons. The van der Waals surface area contributed by atoms with Crippen molar-refractivity contribution in [3.63, 3.8) is 0 Å². The molecule has 1 atom stereocenters. The first-order valence-electron chi connectivity index (χ1n) is 7.20. The van der Waals surface area contributed by atoms with Gasteiger partial charge in [-0.05, 0) is 25.9 Å². The fourth-order valence-electron chi connectivity index (χ4n) is 0.526. The van der Waals surface area contributed by atoms with Gasteiger partial charge in [-0.1, -0.05) is 6.92 Å². The van der Waals surface area contributed by atoms with Crippen LogP contribution in [0.1, 0.15) is 40.5 Å². The maximum atomic E-state index is 9.63. The number of ketones is 1. The molecule has 6 N–H and O–H groups in total. The van der Waals surface area contributed by atoms with E-state index in [-0.39, 0.29) is 143 Å². The number of hydrogen-bond donors (Lipinski definition) is 6. The largest absolute Gasteiger partial charge is 0.447 e. The third kappa shape index (κ3) is 77.9. The van der Waals surface area contributed by atoms with E-state index in [1.54, 1.807) is 33.1 Å². The number of hydrogen-bond acceptors (Lipinski definition) is 10. The SMILES string of the molecule is C/C(C[CH-]NO)=N/O.C/C=C/[C-]=O.CC(C[C-]=NO)NO.[CH-]=CC(C)=O.[Y].[Y].[Y].[Y]. The smallest absolute Gasteiger partial charge is 0.0257 e. The van der Waals surface area contributed by atoms with Crippen molar-refractivity contribution in [2.75, 3.05) is 0 Å². The molecule has 30 heavy (non-hydrogen) atoms. The predicted octanol–water partition coefficient (Wildman–Crippen LogP) is 1.67. The molecular weight excluding hydrogens is 700 g/mol. The van der Waals surface area contributed by atoms with Gasteiger partial charge in [0.1, 0.15) is 0 Å². The molecule has 0 rings (SSSR count). The number of carbonyl (C=O) groups is 1. The van der Waals surface area contributed by atoms with Crippen molar-refractivity contribution in [3.8, 4) is 0 Å². The van der Waals surface area contributed by atoms with Crippen molar-refractivity contribution < 1.29 is 161 Å². The fourth-order valence-corrected chi connectivity index (χ4v) is 0.526. The first-order valence-corrected chi connectivity index (χ1v) is 7.20. The maximum absolute atomic E-state index is 9.63. The van der Waals surface area contributed by atoms with Crippen molar-refractivity contribution in [1.82, 2.24) is 11.0 Å². The van der Waals surface area contributed by atoms with E-state index >= 15 is 0 Å². The van der Waals surface area contributed by atoms with Gasteiger partial charge in [0.15, 0.2) is 0 Å². The molecule has 0 heterocycles. The molecule has 0 fully saturated rings. The van der Waals surface area contributed by atoms with Crippen molar-refractivity contribution in [1.29, 1.82) is 0 Å². The summed E-state index contributed by atoms with van der Waals surface area (Å²) >= 11 is 0. The van der Waals surface area contributed by atoms with Crippen molar-refractivity contribution in [2.45, 2.75) is 46.6 Å². The van der Waals surface area contributed by atoms with Crippen LogP contribution < -0.4 is 11.0 Å². The first-order chi connectivity index (χ1) is 12.3. The molecule has 0 aliphatic carbocycles. The molecule has 0 aliphatic rings. The molecule has 0 aromatic heterocycles. The second-order valence-corrected chi connectivity index (χ2v) is 4.26. The summed E-state index contributed by atoms with van der Waals surface area (Å²) in [5.74, 6) is -0.0926. The Morgan fingerprint density at radius 2 is 1.67 bits per heavy atom. The average molecular weight is 728 g/mol. The number of hydroxylamine groups is 2. The van der Waals surface area contributed by atoms with E-state index in [0.29, 0.717) is 18.6 Å². The molecule has 4 radical (unpaired) electrons. The fraction of sp³-hybridized carbons (Fsp3) is 0.438. The molecule has 0 saturated heterocycles. The summed E-state index contributed by atoms with van der Waals surface area (Å²) in [5.41, 5.74) is 4.33. The maximum Gasteiger partial charge on any atom is 0.0257 e. The molecule has 0 amide bonds. The van der Waals surface area contributed by atoms with E-state index in [1.165, 1.54) is 19.5 Å². The van der Waals surface area contributed by atoms with E-state index < -0.39 is 0 Å². The molecule has 0 spiro atoms. The number of rotatable bonds is 8. The van der Waals surface area contributed by atoms with Gasteiger partial charge in [-0.3, -0.25) is 6.58 Å². The van der Waals surface area contributed by atoms with Crippen LogP contribution in [-0.4, -0.2) is 50.9 Å². The van der Waals surface area contributed by atoms with E-state index in [4.69, 9.17) is 27.4 Å². The van der Waals surface area contributed by atoms with Gasteiger partial charge in [0.25, 0.3) is 0 Å². The summed E-state index contributed by atoms with van der Waals surface area (Å²) in [5, 5.41) is 37.4. The van der Waals surface area contributed by atoms with Gasteiger partial charge < -0.3 is 47.3 Å². The van der Waals surface area contributed by atoms with E-state index in [9.17, 15) is 9.59 Å². The minimum Gasteiger partial charge on any atom is -0.447 e. The minimum absolute atomic E-state index is 0. The minimum atomic E-state index is -0.106. The Labute approximate surface area is 280 Å². The Morgan fingerprint density at radius 3 is 1.87 bits per heavy atom. The molecule has 0 aromatic rings. The third-order valence-corrected chi connectivity index (χ3v) is 1.82. The standard InChI is InChI=1S/2C4H9N2O2.2C4H5O.4Y/c2*1-4(6-8)2-3-5-7;1-3-4(2)5;1-2-3-4-5;;;;/h4,6-8H,2H2,1H3;3,5,7-8H,2H2,1H3;1,3H,2H3;2-3H,1H3;;;;/q4*-1;;;;/b;6-4-;;3-2+;;;;. The van der Waals surface area contributed by atoms with Gasteiger partial charge in [0.05, 0.1) is 0 Å². The number of allylic oxidation sites excluding steroid dienone is 3. The van der Waals surface area contributed by atoms with Crippen LogP contribution >= 0.6 is 0 Å². The summed E-state index contributed by atoms with van der Waals surface area (Å²) in [6.45, 7) is 12.6. The molecule has 0 aliphatic heterocycles. The summed E-state index contributed by atoms with van der Waals surface area (Å²) in [6.07, 6.45) is 8.66. The average Bonchev–Trinajstić information content (AvgIpc) is 2.66. The second kappa shape index (κ2) is 52.8. The molecule has 0 saturated carbocycles. The Hall–Kier alpha value is 2.02. The molecule has 0 aromatic carbocycles. The van der Waals surface area contributed by atoms with Crippen LogP contribution in [0.25, 0.3) is 0 Å². The van der Waals surface area contributed by atoms with Crippen LogP contribution in [0, 0.1) is 13.1 Å². The Balaban J connectivity index is -0.0000000351. The van der Waals surface area contributed by atoms with Crippen molar-refractivity contribution in [2.24, 2.45) is 10.3 Å². The van der Waals surface area contributed by atoms with Crippen LogP contribution in [0.5, 0.6) is 0 Å². The normalized spacial score (nSPS) is 9.73. The molecule has 14 heteroatoms.